The van der Waals surface area contributed by atoms with Crippen LogP contribution >= 0.6 is 0 Å². The van der Waals surface area contributed by atoms with Crippen LogP contribution < -0.4 is 14.2 Å². The fraction of sp³-hybridized carbons (Fsp3) is 0.696. The van der Waals surface area contributed by atoms with Crippen molar-refractivity contribution in [1.29, 1.82) is 0 Å². The first-order valence-corrected chi connectivity index (χ1v) is 10.3. The van der Waals surface area contributed by atoms with E-state index in [2.05, 4.69) is 0 Å². The average molecular weight is 502 g/mol. The Morgan fingerprint density at radius 3 is 1.47 bits per heavy atom. The summed E-state index contributed by atoms with van der Waals surface area (Å²) < 4.78 is 96.0. The quantitative estimate of drug-likeness (QED) is 0.277. The molecule has 1 rings (SSSR count). The van der Waals surface area contributed by atoms with Gasteiger partial charge in [0.05, 0.1) is 25.2 Å². The minimum Gasteiger partial charge on any atom is -0.496 e. The van der Waals surface area contributed by atoms with E-state index in [0.29, 0.717) is 18.6 Å². The molecule has 0 bridgehead atoms. The van der Waals surface area contributed by atoms with Gasteiger partial charge in [-0.3, -0.25) is 4.79 Å². The summed E-state index contributed by atoms with van der Waals surface area (Å²) in [4.78, 5) is 13.2. The van der Waals surface area contributed by atoms with Gasteiger partial charge in [-0.2, -0.15) is 26.3 Å². The van der Waals surface area contributed by atoms with Crippen molar-refractivity contribution < 1.29 is 50.5 Å². The molecule has 0 saturated heterocycles. The molecule has 0 fully saturated rings. The molecule has 0 radical (unpaired) electrons. The maximum atomic E-state index is 13.5. The second-order valence-electron chi connectivity index (χ2n) is 10.6. The number of halogens is 6. The predicted octanol–water partition coefficient (Wildman–Crippen LogP) is 6.41. The number of rotatable bonds is 6. The molecule has 0 aliphatic heterocycles. The van der Waals surface area contributed by atoms with Crippen molar-refractivity contribution in [3.8, 4) is 17.2 Å². The first kappa shape index (κ1) is 29.9. The molecule has 0 aliphatic carbocycles. The molecule has 0 heterocycles. The van der Waals surface area contributed by atoms with Gasteiger partial charge in [-0.25, -0.2) is 0 Å². The second-order valence-corrected chi connectivity index (χ2v) is 10.6. The maximum absolute atomic E-state index is 13.5. The van der Waals surface area contributed by atoms with E-state index >= 15 is 0 Å². The highest BCUT2D eigenvalue weighted by Gasteiger charge is 2.73. The zero-order valence-electron chi connectivity index (χ0n) is 20.7. The summed E-state index contributed by atoms with van der Waals surface area (Å²) in [6, 6.07) is 1.36. The summed E-state index contributed by atoms with van der Waals surface area (Å²) in [5, 5.41) is 9.90. The zero-order chi connectivity index (χ0) is 27.1. The summed E-state index contributed by atoms with van der Waals surface area (Å²) in [5.74, 6) is -3.19. The third kappa shape index (κ3) is 5.55. The Morgan fingerprint density at radius 2 is 1.21 bits per heavy atom. The van der Waals surface area contributed by atoms with Gasteiger partial charge in [0.1, 0.15) is 17.2 Å². The van der Waals surface area contributed by atoms with Crippen LogP contribution in [0.1, 0.15) is 60.5 Å². The van der Waals surface area contributed by atoms with Crippen molar-refractivity contribution >= 4 is 5.97 Å². The Bertz CT molecular complexity index is 854. The van der Waals surface area contributed by atoms with Gasteiger partial charge >= 0.3 is 18.3 Å². The van der Waals surface area contributed by atoms with Crippen molar-refractivity contribution in [2.75, 3.05) is 14.2 Å². The highest BCUT2D eigenvalue weighted by atomic mass is 19.4. The molecule has 196 valence electrons. The molecular formula is C23H32F6O5. The molecule has 1 aromatic rings. The van der Waals surface area contributed by atoms with Crippen molar-refractivity contribution in [3.63, 3.8) is 0 Å². The number of hydrogen-bond donors (Lipinski definition) is 1. The number of benzene rings is 1. The third-order valence-electron chi connectivity index (χ3n) is 5.86. The number of carbonyl (C=O) groups excluding carboxylic acids is 1. The SMILES string of the molecule is COc1cc(OC(=O)C(C)(CC(C)(C)C)C(C)(C)C)cc(OC)c1C(O)(C(F)(F)F)C(F)(F)F. The summed E-state index contributed by atoms with van der Waals surface area (Å²) in [6.45, 7) is 12.9. The lowest BCUT2D eigenvalue weighted by molar-refractivity contribution is -0.376. The predicted molar refractivity (Wildman–Crippen MR) is 113 cm³/mol. The van der Waals surface area contributed by atoms with E-state index in [1.807, 2.05) is 41.5 Å². The van der Waals surface area contributed by atoms with Crippen LogP contribution in [-0.2, 0) is 10.4 Å². The number of esters is 1. The van der Waals surface area contributed by atoms with Crippen LogP contribution in [0.3, 0.4) is 0 Å². The van der Waals surface area contributed by atoms with Crippen LogP contribution in [-0.4, -0.2) is 37.6 Å². The second kappa shape index (κ2) is 9.13. The van der Waals surface area contributed by atoms with Gasteiger partial charge in [-0.05, 0) is 24.2 Å². The zero-order valence-corrected chi connectivity index (χ0v) is 20.7. The van der Waals surface area contributed by atoms with Crippen LogP contribution in [0.25, 0.3) is 0 Å². The summed E-state index contributed by atoms with van der Waals surface area (Å²) in [6.07, 6.45) is -12.0. The molecular weight excluding hydrogens is 470 g/mol. The smallest absolute Gasteiger partial charge is 0.430 e. The molecule has 1 atom stereocenters. The number of alkyl halides is 6. The van der Waals surface area contributed by atoms with Crippen molar-refractivity contribution in [2.45, 2.75) is 72.8 Å². The Hall–Kier alpha value is -2.17. The van der Waals surface area contributed by atoms with E-state index in [0.717, 1.165) is 14.2 Å². The molecule has 0 aromatic heterocycles. The molecule has 1 N–H and O–H groups in total. The van der Waals surface area contributed by atoms with E-state index in [1.54, 1.807) is 6.92 Å². The van der Waals surface area contributed by atoms with Gasteiger partial charge in [0, 0.05) is 12.1 Å². The van der Waals surface area contributed by atoms with Gasteiger partial charge in [-0.15, -0.1) is 0 Å². The molecule has 0 amide bonds. The standard InChI is InChI=1S/C23H32F6O5/c1-18(2,3)12-20(7,19(4,5)6)17(30)34-13-10-14(32-8)16(15(11-13)33-9)21(31,22(24,25)26)23(27,28)29/h10-11,31H,12H2,1-9H3. The van der Waals surface area contributed by atoms with Gasteiger partial charge < -0.3 is 19.3 Å². The number of hydrogen-bond acceptors (Lipinski definition) is 5. The minimum absolute atomic E-state index is 0.309. The fourth-order valence-electron chi connectivity index (χ4n) is 3.67. The molecule has 1 aromatic carbocycles. The van der Waals surface area contributed by atoms with Crippen LogP contribution in [0.4, 0.5) is 26.3 Å². The van der Waals surface area contributed by atoms with Crippen LogP contribution in [0, 0.1) is 16.2 Å². The summed E-state index contributed by atoms with van der Waals surface area (Å²) >= 11 is 0. The topological polar surface area (TPSA) is 65.0 Å². The Morgan fingerprint density at radius 1 is 0.824 bits per heavy atom. The van der Waals surface area contributed by atoms with Crippen LogP contribution in [0.15, 0.2) is 12.1 Å². The van der Waals surface area contributed by atoms with Crippen molar-refractivity contribution in [2.24, 2.45) is 16.2 Å². The van der Waals surface area contributed by atoms with Crippen molar-refractivity contribution in [1.82, 2.24) is 0 Å². The number of methoxy groups -OCH3 is 2. The monoisotopic (exact) mass is 502 g/mol. The van der Waals surface area contributed by atoms with E-state index in [1.165, 1.54) is 0 Å². The lowest BCUT2D eigenvalue weighted by Crippen LogP contribution is -2.54. The molecule has 0 aliphatic rings. The molecule has 5 nitrogen and oxygen atoms in total. The fourth-order valence-corrected chi connectivity index (χ4v) is 3.67. The number of ether oxygens (including phenoxy) is 3. The molecule has 1 unspecified atom stereocenters. The first-order chi connectivity index (χ1) is 15.0. The van der Waals surface area contributed by atoms with E-state index in [4.69, 9.17) is 14.2 Å². The molecule has 0 saturated carbocycles. The van der Waals surface area contributed by atoms with Crippen LogP contribution in [0.2, 0.25) is 0 Å². The lowest BCUT2D eigenvalue weighted by atomic mass is 9.61. The van der Waals surface area contributed by atoms with E-state index < -0.39 is 57.6 Å². The van der Waals surface area contributed by atoms with E-state index in [9.17, 15) is 36.2 Å². The van der Waals surface area contributed by atoms with Crippen molar-refractivity contribution in [3.05, 3.63) is 17.7 Å². The normalized spacial score (nSPS) is 15.5. The highest BCUT2D eigenvalue weighted by Crippen LogP contribution is 2.56. The summed E-state index contributed by atoms with van der Waals surface area (Å²) in [7, 11) is 1.63. The van der Waals surface area contributed by atoms with Gasteiger partial charge in [-0.1, -0.05) is 41.5 Å². The molecule has 0 spiro atoms. The van der Waals surface area contributed by atoms with Gasteiger partial charge in [0.15, 0.2) is 0 Å². The minimum atomic E-state index is -6.17. The Kier molecular flexibility index (Phi) is 8.01. The highest BCUT2D eigenvalue weighted by molar-refractivity contribution is 5.80. The van der Waals surface area contributed by atoms with E-state index in [-0.39, 0.29) is 5.41 Å². The number of carbonyl (C=O) groups is 1. The van der Waals surface area contributed by atoms with Gasteiger partial charge in [0.2, 0.25) is 0 Å². The van der Waals surface area contributed by atoms with Crippen LogP contribution in [0.5, 0.6) is 17.2 Å². The third-order valence-corrected chi connectivity index (χ3v) is 5.86. The Labute approximate surface area is 195 Å². The lowest BCUT2D eigenvalue weighted by Gasteiger charge is -2.43. The average Bonchev–Trinajstić information content (AvgIpc) is 2.62. The van der Waals surface area contributed by atoms with Gasteiger partial charge in [0.25, 0.3) is 5.60 Å². The first-order valence-electron chi connectivity index (χ1n) is 10.3. The summed E-state index contributed by atoms with van der Waals surface area (Å²) in [5.41, 5.74) is -9.01. The Balaban J connectivity index is 3.73. The largest absolute Gasteiger partial charge is 0.496 e. The number of aliphatic hydroxyl groups is 1. The molecule has 34 heavy (non-hydrogen) atoms. The molecule has 11 heteroatoms. The maximum Gasteiger partial charge on any atom is 0.430 e.